The molecule has 0 amide bonds. The highest BCUT2D eigenvalue weighted by Crippen LogP contribution is 2.18. The fraction of sp³-hybridized carbons (Fsp3) is 0.409. The second kappa shape index (κ2) is 10.0. The van der Waals surface area contributed by atoms with E-state index in [0.717, 1.165) is 5.56 Å². The molecule has 0 saturated carbocycles. The zero-order valence-corrected chi connectivity index (χ0v) is 19.0. The van der Waals surface area contributed by atoms with Crippen molar-refractivity contribution in [3.8, 4) is 0 Å². The molecule has 0 unspecified atom stereocenters. The van der Waals surface area contributed by atoms with Crippen LogP contribution in [0.5, 0.6) is 0 Å². The third kappa shape index (κ3) is 7.11. The number of guanidine groups is 1. The molecule has 0 aliphatic rings. The van der Waals surface area contributed by atoms with E-state index in [9.17, 15) is 12.8 Å². The number of hydrogen-bond acceptors (Lipinski definition) is 3. The van der Waals surface area contributed by atoms with Crippen LogP contribution in [-0.2, 0) is 23.1 Å². The molecule has 2 aromatic rings. The quantitative estimate of drug-likeness (QED) is 0.460. The summed E-state index contributed by atoms with van der Waals surface area (Å²) in [6.07, 6.45) is 0. The number of sulfonamides is 1. The molecular formula is C22H31FN4O2S. The summed E-state index contributed by atoms with van der Waals surface area (Å²) in [5.41, 5.74) is 1.52. The highest BCUT2D eigenvalue weighted by molar-refractivity contribution is 7.89. The third-order valence-electron chi connectivity index (χ3n) is 4.14. The van der Waals surface area contributed by atoms with E-state index in [1.54, 1.807) is 64.1 Å². The number of aliphatic imine (C=N–C) groups is 1. The highest BCUT2D eigenvalue weighted by atomic mass is 32.2. The van der Waals surface area contributed by atoms with Gasteiger partial charge in [0.2, 0.25) is 10.0 Å². The molecule has 0 fully saturated rings. The van der Waals surface area contributed by atoms with Crippen LogP contribution < -0.4 is 15.4 Å². The summed E-state index contributed by atoms with van der Waals surface area (Å²) < 4.78 is 41.7. The van der Waals surface area contributed by atoms with E-state index in [4.69, 9.17) is 0 Å². The Morgan fingerprint density at radius 3 is 2.43 bits per heavy atom. The lowest BCUT2D eigenvalue weighted by molar-refractivity contribution is 0.491. The third-order valence-corrected chi connectivity index (χ3v) is 5.99. The normalized spacial score (nSPS) is 12.7. The molecule has 0 aliphatic heterocycles. The Hall–Kier alpha value is -2.45. The molecule has 0 bridgehead atoms. The van der Waals surface area contributed by atoms with Gasteiger partial charge >= 0.3 is 0 Å². The minimum Gasteiger partial charge on any atom is -0.357 e. The summed E-state index contributed by atoms with van der Waals surface area (Å²) >= 11 is 0. The topological polar surface area (TPSA) is 82.6 Å². The molecular weight excluding hydrogens is 403 g/mol. The molecule has 0 aromatic heterocycles. The smallest absolute Gasteiger partial charge is 0.241 e. The Kier molecular flexibility index (Phi) is 7.97. The fourth-order valence-corrected chi connectivity index (χ4v) is 4.53. The minimum absolute atomic E-state index is 0.234. The Bertz CT molecular complexity index is 998. The summed E-state index contributed by atoms with van der Waals surface area (Å²) in [6, 6.07) is 11.8. The van der Waals surface area contributed by atoms with Crippen molar-refractivity contribution in [2.24, 2.45) is 4.99 Å². The lowest BCUT2D eigenvalue weighted by Crippen LogP contribution is -2.41. The van der Waals surface area contributed by atoms with Crippen LogP contribution in [0.3, 0.4) is 0 Å². The minimum atomic E-state index is -3.66. The zero-order chi connectivity index (χ0) is 22.4. The van der Waals surface area contributed by atoms with Gasteiger partial charge in [-0.2, -0.15) is 0 Å². The van der Waals surface area contributed by atoms with Crippen LogP contribution >= 0.6 is 0 Å². The van der Waals surface area contributed by atoms with Crippen molar-refractivity contribution in [2.45, 2.75) is 58.1 Å². The van der Waals surface area contributed by atoms with Gasteiger partial charge in [0, 0.05) is 18.6 Å². The molecule has 0 atom stereocenters. The van der Waals surface area contributed by atoms with Gasteiger partial charge in [-0.25, -0.2) is 22.5 Å². The van der Waals surface area contributed by atoms with Gasteiger partial charge < -0.3 is 10.6 Å². The first-order valence-corrected chi connectivity index (χ1v) is 11.4. The number of hydrogen-bond donors (Lipinski definition) is 3. The zero-order valence-electron chi connectivity index (χ0n) is 18.2. The fourth-order valence-electron chi connectivity index (χ4n) is 2.87. The van der Waals surface area contributed by atoms with Crippen molar-refractivity contribution < 1.29 is 12.8 Å². The number of benzene rings is 2. The van der Waals surface area contributed by atoms with Crippen molar-refractivity contribution in [2.75, 3.05) is 6.54 Å². The van der Waals surface area contributed by atoms with Gasteiger partial charge in [0.05, 0.1) is 11.4 Å². The van der Waals surface area contributed by atoms with E-state index < -0.39 is 15.6 Å². The molecule has 0 heterocycles. The maximum absolute atomic E-state index is 13.4. The van der Waals surface area contributed by atoms with Crippen LogP contribution in [0.1, 0.15) is 44.4 Å². The van der Waals surface area contributed by atoms with E-state index in [1.807, 2.05) is 6.92 Å². The van der Waals surface area contributed by atoms with Crippen LogP contribution in [-0.4, -0.2) is 26.5 Å². The van der Waals surface area contributed by atoms with Crippen LogP contribution in [0.15, 0.2) is 52.4 Å². The Labute approximate surface area is 179 Å². The van der Waals surface area contributed by atoms with E-state index in [1.165, 1.54) is 6.07 Å². The molecule has 3 N–H and O–H groups in total. The summed E-state index contributed by atoms with van der Waals surface area (Å²) in [5.74, 6) is 0.310. The van der Waals surface area contributed by atoms with E-state index >= 15 is 0 Å². The van der Waals surface area contributed by atoms with Gasteiger partial charge in [0.15, 0.2) is 5.96 Å². The maximum atomic E-state index is 13.4. The van der Waals surface area contributed by atoms with E-state index in [2.05, 4.69) is 20.3 Å². The molecule has 6 nitrogen and oxygen atoms in total. The number of aryl methyl sites for hydroxylation is 1. The van der Waals surface area contributed by atoms with Crippen LogP contribution in [0.2, 0.25) is 0 Å². The maximum Gasteiger partial charge on any atom is 0.241 e. The summed E-state index contributed by atoms with van der Waals surface area (Å²) in [6.45, 7) is 10.4. The van der Waals surface area contributed by atoms with Crippen LogP contribution in [0.4, 0.5) is 4.39 Å². The standard InChI is InChI=1S/C22H31FN4O2S/c1-6-24-21(25-14-17-11-12-19(23)16(2)13-17)26-15-18-9-7-8-10-20(18)30(28,29)27-22(3,4)5/h7-13,27H,6,14-15H2,1-5H3,(H2,24,25,26). The summed E-state index contributed by atoms with van der Waals surface area (Å²) in [5, 5.41) is 6.33. The molecule has 2 rings (SSSR count). The first-order chi connectivity index (χ1) is 14.0. The van der Waals surface area contributed by atoms with Crippen molar-refractivity contribution in [1.82, 2.24) is 15.4 Å². The van der Waals surface area contributed by atoms with Gasteiger partial charge in [-0.05, 0) is 63.4 Å². The predicted molar refractivity (Wildman–Crippen MR) is 119 cm³/mol. The van der Waals surface area contributed by atoms with Gasteiger partial charge in [0.1, 0.15) is 5.82 Å². The first-order valence-electron chi connectivity index (χ1n) is 9.91. The molecule has 8 heteroatoms. The van der Waals surface area contributed by atoms with Crippen molar-refractivity contribution in [1.29, 1.82) is 0 Å². The number of nitrogens with one attached hydrogen (secondary N) is 3. The van der Waals surface area contributed by atoms with Crippen molar-refractivity contribution in [3.63, 3.8) is 0 Å². The highest BCUT2D eigenvalue weighted by Gasteiger charge is 2.24. The Balaban J connectivity index is 2.17. The second-order valence-corrected chi connectivity index (χ2v) is 9.75. The molecule has 0 spiro atoms. The van der Waals surface area contributed by atoms with Crippen molar-refractivity contribution in [3.05, 3.63) is 65.0 Å². The summed E-state index contributed by atoms with van der Waals surface area (Å²) in [4.78, 5) is 4.76. The van der Waals surface area contributed by atoms with E-state index in [0.29, 0.717) is 30.2 Å². The Morgan fingerprint density at radius 1 is 1.10 bits per heavy atom. The lowest BCUT2D eigenvalue weighted by atomic mass is 10.1. The first kappa shape index (κ1) is 23.8. The van der Waals surface area contributed by atoms with Crippen LogP contribution in [0.25, 0.3) is 0 Å². The van der Waals surface area contributed by atoms with Gasteiger partial charge in [-0.15, -0.1) is 0 Å². The van der Waals surface area contributed by atoms with E-state index in [-0.39, 0.29) is 17.3 Å². The average molecular weight is 435 g/mol. The molecule has 2 aromatic carbocycles. The monoisotopic (exact) mass is 434 g/mol. The molecule has 164 valence electrons. The molecule has 0 saturated heterocycles. The van der Waals surface area contributed by atoms with Gasteiger partial charge in [-0.3, -0.25) is 0 Å². The van der Waals surface area contributed by atoms with Gasteiger partial charge in [0.25, 0.3) is 0 Å². The van der Waals surface area contributed by atoms with Crippen LogP contribution in [0, 0.1) is 12.7 Å². The van der Waals surface area contributed by atoms with Gasteiger partial charge in [-0.1, -0.05) is 30.3 Å². The largest absolute Gasteiger partial charge is 0.357 e. The average Bonchev–Trinajstić information content (AvgIpc) is 2.65. The SMILES string of the molecule is CCNC(=NCc1ccc(F)c(C)c1)NCc1ccccc1S(=O)(=O)NC(C)(C)C. The molecule has 0 radical (unpaired) electrons. The Morgan fingerprint density at radius 2 is 1.80 bits per heavy atom. The summed E-state index contributed by atoms with van der Waals surface area (Å²) in [7, 11) is -3.66. The molecule has 0 aliphatic carbocycles. The predicted octanol–water partition coefficient (Wildman–Crippen LogP) is 3.47. The van der Waals surface area contributed by atoms with Crippen molar-refractivity contribution >= 4 is 16.0 Å². The second-order valence-electron chi connectivity index (χ2n) is 8.10. The number of halogens is 1. The molecule has 30 heavy (non-hydrogen) atoms. The lowest BCUT2D eigenvalue weighted by Gasteiger charge is -2.22. The number of rotatable bonds is 7. The number of nitrogens with zero attached hydrogens (tertiary/aromatic N) is 1.